The Morgan fingerprint density at radius 3 is 2.58 bits per heavy atom. The van der Waals surface area contributed by atoms with E-state index >= 15 is 0 Å². The molecule has 1 fully saturated rings. The van der Waals surface area contributed by atoms with Crippen molar-refractivity contribution in [3.63, 3.8) is 0 Å². The Bertz CT molecular complexity index is 400. The van der Waals surface area contributed by atoms with Crippen molar-refractivity contribution in [1.29, 1.82) is 0 Å². The second-order valence-corrected chi connectivity index (χ2v) is 6.49. The van der Waals surface area contributed by atoms with Crippen LogP contribution in [0.2, 0.25) is 0 Å². The third-order valence-corrected chi connectivity index (χ3v) is 4.47. The maximum atomic E-state index is 4.25. The first-order chi connectivity index (χ1) is 9.00. The normalized spacial score (nSPS) is 29.1. The number of aromatic nitrogens is 4. The van der Waals surface area contributed by atoms with E-state index in [1.807, 2.05) is 0 Å². The summed E-state index contributed by atoms with van der Waals surface area (Å²) in [6.07, 6.45) is 2.47. The zero-order valence-electron chi connectivity index (χ0n) is 12.8. The molecule has 1 heterocycles. The van der Waals surface area contributed by atoms with Crippen LogP contribution in [0.15, 0.2) is 0 Å². The van der Waals surface area contributed by atoms with E-state index in [2.05, 4.69) is 60.1 Å². The van der Waals surface area contributed by atoms with Gasteiger partial charge >= 0.3 is 0 Å². The van der Waals surface area contributed by atoms with Gasteiger partial charge in [-0.3, -0.25) is 0 Å². The van der Waals surface area contributed by atoms with Gasteiger partial charge in [0.25, 0.3) is 0 Å². The molecule has 1 saturated carbocycles. The van der Waals surface area contributed by atoms with Crippen molar-refractivity contribution in [2.45, 2.75) is 59.5 Å². The third kappa shape index (κ3) is 3.14. The first-order valence-electron chi connectivity index (χ1n) is 7.51. The van der Waals surface area contributed by atoms with Crippen molar-refractivity contribution >= 4 is 0 Å². The minimum atomic E-state index is 0.209. The molecule has 1 aliphatic carbocycles. The summed E-state index contributed by atoms with van der Waals surface area (Å²) < 4.78 is 2.06. The van der Waals surface area contributed by atoms with Crippen molar-refractivity contribution in [3.8, 4) is 0 Å². The van der Waals surface area contributed by atoms with E-state index in [4.69, 9.17) is 0 Å². The summed E-state index contributed by atoms with van der Waals surface area (Å²) in [5.74, 6) is 3.03. The molecule has 1 aliphatic rings. The van der Waals surface area contributed by atoms with E-state index < -0.39 is 0 Å². The van der Waals surface area contributed by atoms with Crippen LogP contribution in [0.1, 0.15) is 65.4 Å². The standard InChI is InChI=1S/C14H27N5/c1-9(2)8-15-12(5)14-16-17-18-19(14)13-7-6-10(3)11(13)4/h9-13,15H,6-8H2,1-5H3. The Morgan fingerprint density at radius 1 is 1.26 bits per heavy atom. The van der Waals surface area contributed by atoms with Gasteiger partial charge in [0, 0.05) is 0 Å². The quantitative estimate of drug-likeness (QED) is 0.889. The minimum Gasteiger partial charge on any atom is -0.307 e. The van der Waals surface area contributed by atoms with Crippen molar-refractivity contribution in [2.75, 3.05) is 6.54 Å². The molecule has 4 unspecified atom stereocenters. The SMILES string of the molecule is CC(C)CNC(C)c1nnnn1C1CCC(C)C1C. The molecule has 0 amide bonds. The largest absolute Gasteiger partial charge is 0.307 e. The number of nitrogens with zero attached hydrogens (tertiary/aromatic N) is 4. The number of tetrazole rings is 1. The van der Waals surface area contributed by atoms with Gasteiger partial charge in [0.2, 0.25) is 0 Å². The summed E-state index contributed by atoms with van der Waals surface area (Å²) in [5, 5.41) is 15.9. The highest BCUT2D eigenvalue weighted by Crippen LogP contribution is 2.40. The summed E-state index contributed by atoms with van der Waals surface area (Å²) in [6, 6.07) is 0.670. The van der Waals surface area contributed by atoms with Gasteiger partial charge in [-0.25, -0.2) is 4.68 Å². The molecule has 0 radical (unpaired) electrons. The van der Waals surface area contributed by atoms with Crippen LogP contribution in [0.25, 0.3) is 0 Å². The van der Waals surface area contributed by atoms with Crippen LogP contribution in [0.4, 0.5) is 0 Å². The average molecular weight is 265 g/mol. The first kappa shape index (κ1) is 14.4. The lowest BCUT2D eigenvalue weighted by Gasteiger charge is -2.22. The van der Waals surface area contributed by atoms with Gasteiger partial charge in [-0.2, -0.15) is 0 Å². The molecule has 0 aliphatic heterocycles. The molecule has 19 heavy (non-hydrogen) atoms. The predicted octanol–water partition coefficient (Wildman–Crippen LogP) is 2.59. The van der Waals surface area contributed by atoms with E-state index in [0.717, 1.165) is 18.3 Å². The molecule has 1 aromatic heterocycles. The maximum absolute atomic E-state index is 4.25. The highest BCUT2D eigenvalue weighted by molar-refractivity contribution is 4.95. The molecule has 108 valence electrons. The molecule has 0 bridgehead atoms. The van der Waals surface area contributed by atoms with Gasteiger partial charge in [0.15, 0.2) is 5.82 Å². The molecule has 1 N–H and O–H groups in total. The smallest absolute Gasteiger partial charge is 0.168 e. The van der Waals surface area contributed by atoms with Crippen molar-refractivity contribution < 1.29 is 0 Å². The fourth-order valence-electron chi connectivity index (χ4n) is 2.91. The third-order valence-electron chi connectivity index (χ3n) is 4.47. The Labute approximate surface area is 116 Å². The molecule has 5 heteroatoms. The zero-order valence-corrected chi connectivity index (χ0v) is 12.8. The summed E-state index contributed by atoms with van der Waals surface area (Å²) in [7, 11) is 0. The van der Waals surface area contributed by atoms with Crippen LogP contribution in [-0.2, 0) is 0 Å². The second kappa shape index (κ2) is 5.99. The monoisotopic (exact) mass is 265 g/mol. The zero-order chi connectivity index (χ0) is 14.0. The molecule has 0 saturated heterocycles. The van der Waals surface area contributed by atoms with E-state index in [-0.39, 0.29) is 6.04 Å². The lowest BCUT2D eigenvalue weighted by Crippen LogP contribution is -2.28. The van der Waals surface area contributed by atoms with Gasteiger partial charge in [0.05, 0.1) is 12.1 Å². The lowest BCUT2D eigenvalue weighted by molar-refractivity contribution is 0.309. The Kier molecular flexibility index (Phi) is 4.55. The molecule has 5 nitrogen and oxygen atoms in total. The van der Waals surface area contributed by atoms with Crippen LogP contribution in [0.5, 0.6) is 0 Å². The fourth-order valence-corrected chi connectivity index (χ4v) is 2.91. The van der Waals surface area contributed by atoms with Gasteiger partial charge in [0.1, 0.15) is 0 Å². The fraction of sp³-hybridized carbons (Fsp3) is 0.929. The molecule has 1 aromatic rings. The number of hydrogen-bond acceptors (Lipinski definition) is 4. The molecule has 0 aromatic carbocycles. The summed E-state index contributed by atoms with van der Waals surface area (Å²) in [6.45, 7) is 12.2. The molecular weight excluding hydrogens is 238 g/mol. The highest BCUT2D eigenvalue weighted by atomic mass is 15.6. The molecule has 4 atom stereocenters. The molecular formula is C14H27N5. The Hall–Kier alpha value is -0.970. The molecule has 2 rings (SSSR count). The van der Waals surface area contributed by atoms with Gasteiger partial charge in [-0.05, 0) is 54.5 Å². The molecule has 0 spiro atoms. The average Bonchev–Trinajstić information content (AvgIpc) is 2.95. The van der Waals surface area contributed by atoms with Crippen LogP contribution in [0, 0.1) is 17.8 Å². The van der Waals surface area contributed by atoms with Crippen LogP contribution < -0.4 is 5.32 Å². The summed E-state index contributed by atoms with van der Waals surface area (Å²) >= 11 is 0. The van der Waals surface area contributed by atoms with Crippen LogP contribution >= 0.6 is 0 Å². The minimum absolute atomic E-state index is 0.209. The van der Waals surface area contributed by atoms with Crippen molar-refractivity contribution in [2.24, 2.45) is 17.8 Å². The summed E-state index contributed by atoms with van der Waals surface area (Å²) in [4.78, 5) is 0. The van der Waals surface area contributed by atoms with E-state index in [0.29, 0.717) is 17.9 Å². The van der Waals surface area contributed by atoms with Gasteiger partial charge in [-0.1, -0.05) is 27.7 Å². The van der Waals surface area contributed by atoms with E-state index in [9.17, 15) is 0 Å². The van der Waals surface area contributed by atoms with Gasteiger partial charge in [-0.15, -0.1) is 5.10 Å². The first-order valence-corrected chi connectivity index (χ1v) is 7.51. The topological polar surface area (TPSA) is 55.6 Å². The predicted molar refractivity (Wildman–Crippen MR) is 75.7 cm³/mol. The summed E-state index contributed by atoms with van der Waals surface area (Å²) in [5.41, 5.74) is 0. The Morgan fingerprint density at radius 2 is 2.00 bits per heavy atom. The number of rotatable bonds is 5. The van der Waals surface area contributed by atoms with Gasteiger partial charge < -0.3 is 5.32 Å². The van der Waals surface area contributed by atoms with Crippen LogP contribution in [-0.4, -0.2) is 26.8 Å². The number of nitrogens with one attached hydrogen (secondary N) is 1. The maximum Gasteiger partial charge on any atom is 0.168 e. The lowest BCUT2D eigenvalue weighted by atomic mass is 9.98. The van der Waals surface area contributed by atoms with E-state index in [1.54, 1.807) is 0 Å². The Balaban J connectivity index is 2.09. The van der Waals surface area contributed by atoms with Crippen molar-refractivity contribution in [1.82, 2.24) is 25.5 Å². The van der Waals surface area contributed by atoms with Crippen LogP contribution in [0.3, 0.4) is 0 Å². The number of hydrogen-bond donors (Lipinski definition) is 1. The highest BCUT2D eigenvalue weighted by Gasteiger charge is 2.34. The van der Waals surface area contributed by atoms with Crippen molar-refractivity contribution in [3.05, 3.63) is 5.82 Å². The van der Waals surface area contributed by atoms with E-state index in [1.165, 1.54) is 12.8 Å². The second-order valence-electron chi connectivity index (χ2n) is 6.49.